The topological polar surface area (TPSA) is 64.6 Å². The van der Waals surface area contributed by atoms with Crippen molar-refractivity contribution in [1.29, 1.82) is 0 Å². The highest BCUT2D eigenvalue weighted by Gasteiger charge is 2.20. The van der Waals surface area contributed by atoms with Gasteiger partial charge in [0, 0.05) is 12.5 Å². The molecule has 0 spiro atoms. The molecule has 2 aromatic rings. The van der Waals surface area contributed by atoms with Crippen LogP contribution in [-0.2, 0) is 4.79 Å². The Hall–Kier alpha value is -2.82. The first-order valence-corrected chi connectivity index (χ1v) is 6.89. The maximum absolute atomic E-state index is 11.6. The fraction of sp³-hybridized carbons (Fsp3) is 0.176. The van der Waals surface area contributed by atoms with Crippen molar-refractivity contribution in [1.82, 2.24) is 5.32 Å². The smallest absolute Gasteiger partial charge is 0.231 e. The first kappa shape index (κ1) is 14.1. The highest BCUT2D eigenvalue weighted by Crippen LogP contribution is 2.35. The predicted octanol–water partition coefficient (Wildman–Crippen LogP) is 2.45. The number of rotatable bonds is 4. The number of ether oxygens (including phenoxy) is 2. The first-order valence-electron chi connectivity index (χ1n) is 6.89. The summed E-state index contributed by atoms with van der Waals surface area (Å²) in [6.45, 7) is 1.66. The number of hydrogen-bond acceptors (Lipinski definition) is 4. The minimum atomic E-state index is -0.355. The Morgan fingerprint density at radius 3 is 2.68 bits per heavy atom. The van der Waals surface area contributed by atoms with Gasteiger partial charge >= 0.3 is 0 Å². The van der Waals surface area contributed by atoms with Gasteiger partial charge in [0.2, 0.25) is 12.7 Å². The zero-order chi connectivity index (χ0) is 15.5. The second-order valence-electron chi connectivity index (χ2n) is 5.03. The molecule has 0 radical (unpaired) electrons. The van der Waals surface area contributed by atoms with Crippen LogP contribution in [0.4, 0.5) is 0 Å². The molecule has 1 unspecified atom stereocenters. The second kappa shape index (κ2) is 5.89. The van der Waals surface area contributed by atoms with Gasteiger partial charge in [-0.2, -0.15) is 0 Å². The molecule has 1 atom stereocenters. The number of hydrogen-bond donors (Lipinski definition) is 1. The van der Waals surface area contributed by atoms with E-state index >= 15 is 0 Å². The highest BCUT2D eigenvalue weighted by atomic mass is 16.7. The molecule has 1 amide bonds. The monoisotopic (exact) mass is 297 g/mol. The predicted molar refractivity (Wildman–Crippen MR) is 80.1 cm³/mol. The standard InChI is InChI=1S/C17H15NO4/c1-11(20)18-17(13-4-2-3-12(7-13)9-19)14-5-6-15-16(8-14)22-10-21-15/h2-9,17H,10H2,1H3,(H,18,20). The Labute approximate surface area is 127 Å². The quantitative estimate of drug-likeness (QED) is 0.880. The van der Waals surface area contributed by atoms with Crippen LogP contribution in [0.2, 0.25) is 0 Å². The van der Waals surface area contributed by atoms with Crippen molar-refractivity contribution in [3.8, 4) is 11.5 Å². The lowest BCUT2D eigenvalue weighted by Crippen LogP contribution is -2.27. The van der Waals surface area contributed by atoms with Gasteiger partial charge in [0.25, 0.3) is 0 Å². The van der Waals surface area contributed by atoms with Crippen molar-refractivity contribution < 1.29 is 19.1 Å². The van der Waals surface area contributed by atoms with Crippen LogP contribution in [0.1, 0.15) is 34.5 Å². The fourth-order valence-corrected chi connectivity index (χ4v) is 2.47. The average Bonchev–Trinajstić information content (AvgIpc) is 3.00. The number of nitrogens with one attached hydrogen (secondary N) is 1. The number of carbonyl (C=O) groups excluding carboxylic acids is 2. The summed E-state index contributed by atoms with van der Waals surface area (Å²) in [4.78, 5) is 22.5. The van der Waals surface area contributed by atoms with Crippen molar-refractivity contribution in [3.05, 3.63) is 59.2 Å². The summed E-state index contributed by atoms with van der Waals surface area (Å²) < 4.78 is 10.7. The zero-order valence-electron chi connectivity index (χ0n) is 12.0. The van der Waals surface area contributed by atoms with E-state index in [1.165, 1.54) is 6.92 Å². The molecule has 2 aromatic carbocycles. The Bertz CT molecular complexity index is 726. The third-order valence-corrected chi connectivity index (χ3v) is 3.46. The molecule has 0 bridgehead atoms. The van der Waals surface area contributed by atoms with Crippen LogP contribution in [-0.4, -0.2) is 19.0 Å². The molecule has 5 nitrogen and oxygen atoms in total. The van der Waals surface area contributed by atoms with Gasteiger partial charge in [-0.15, -0.1) is 0 Å². The van der Waals surface area contributed by atoms with Crippen LogP contribution >= 0.6 is 0 Å². The van der Waals surface area contributed by atoms with Crippen LogP contribution in [0.15, 0.2) is 42.5 Å². The molecule has 22 heavy (non-hydrogen) atoms. The van der Waals surface area contributed by atoms with E-state index in [2.05, 4.69) is 5.32 Å². The molecule has 5 heteroatoms. The summed E-state index contributed by atoms with van der Waals surface area (Å²) in [5, 5.41) is 2.90. The molecule has 0 aromatic heterocycles. The molecule has 112 valence electrons. The van der Waals surface area contributed by atoms with Gasteiger partial charge in [-0.1, -0.05) is 24.3 Å². The van der Waals surface area contributed by atoms with Gasteiger partial charge in [-0.25, -0.2) is 0 Å². The summed E-state index contributed by atoms with van der Waals surface area (Å²) >= 11 is 0. The minimum Gasteiger partial charge on any atom is -0.454 e. The van der Waals surface area contributed by atoms with Gasteiger partial charge < -0.3 is 14.8 Å². The Balaban J connectivity index is 2.02. The second-order valence-corrected chi connectivity index (χ2v) is 5.03. The minimum absolute atomic E-state index is 0.154. The van der Waals surface area contributed by atoms with Crippen LogP contribution in [0.3, 0.4) is 0 Å². The van der Waals surface area contributed by atoms with E-state index in [1.54, 1.807) is 18.2 Å². The molecule has 0 saturated carbocycles. The molecule has 0 aliphatic carbocycles. The zero-order valence-corrected chi connectivity index (χ0v) is 12.0. The van der Waals surface area contributed by atoms with Gasteiger partial charge in [0.05, 0.1) is 6.04 Å². The Morgan fingerprint density at radius 2 is 1.91 bits per heavy atom. The van der Waals surface area contributed by atoms with Crippen LogP contribution < -0.4 is 14.8 Å². The molecule has 1 aliphatic heterocycles. The van der Waals surface area contributed by atoms with Crippen LogP contribution in [0.25, 0.3) is 0 Å². The van der Waals surface area contributed by atoms with Crippen molar-refractivity contribution in [2.45, 2.75) is 13.0 Å². The van der Waals surface area contributed by atoms with Crippen molar-refractivity contribution in [2.24, 2.45) is 0 Å². The third-order valence-electron chi connectivity index (χ3n) is 3.46. The molecule has 0 fully saturated rings. The summed E-state index contributed by atoms with van der Waals surface area (Å²) in [6.07, 6.45) is 0.786. The summed E-state index contributed by atoms with van der Waals surface area (Å²) in [5.41, 5.74) is 2.26. The lowest BCUT2D eigenvalue weighted by Gasteiger charge is -2.19. The number of amides is 1. The normalized spacial score (nSPS) is 13.5. The van der Waals surface area contributed by atoms with Gasteiger partial charge in [0.15, 0.2) is 11.5 Å². The van der Waals surface area contributed by atoms with Crippen molar-refractivity contribution >= 4 is 12.2 Å². The van der Waals surface area contributed by atoms with Crippen molar-refractivity contribution in [2.75, 3.05) is 6.79 Å². The number of fused-ring (bicyclic) bond motifs is 1. The Morgan fingerprint density at radius 1 is 1.14 bits per heavy atom. The molecule has 1 aliphatic rings. The van der Waals surface area contributed by atoms with E-state index in [-0.39, 0.29) is 18.7 Å². The maximum atomic E-state index is 11.6. The highest BCUT2D eigenvalue weighted by molar-refractivity contribution is 5.76. The van der Waals surface area contributed by atoms with E-state index in [4.69, 9.17) is 9.47 Å². The largest absolute Gasteiger partial charge is 0.454 e. The van der Waals surface area contributed by atoms with Crippen LogP contribution in [0, 0.1) is 0 Å². The summed E-state index contributed by atoms with van der Waals surface area (Å²) in [5.74, 6) is 1.19. The SMILES string of the molecule is CC(=O)NC(c1cccc(C=O)c1)c1ccc2c(c1)OCO2. The Kier molecular flexibility index (Phi) is 3.78. The molecule has 0 saturated heterocycles. The fourth-order valence-electron chi connectivity index (χ4n) is 2.47. The average molecular weight is 297 g/mol. The van der Waals surface area contributed by atoms with E-state index in [1.807, 2.05) is 24.3 Å². The summed E-state index contributed by atoms with van der Waals surface area (Å²) in [7, 11) is 0. The molecule has 1 N–H and O–H groups in total. The van der Waals surface area contributed by atoms with Gasteiger partial charge in [-0.3, -0.25) is 9.59 Å². The maximum Gasteiger partial charge on any atom is 0.231 e. The summed E-state index contributed by atoms with van der Waals surface area (Å²) in [6, 6.07) is 12.3. The molecule has 1 heterocycles. The van der Waals surface area contributed by atoms with Crippen LogP contribution in [0.5, 0.6) is 11.5 Å². The van der Waals surface area contributed by atoms with E-state index in [9.17, 15) is 9.59 Å². The molecular formula is C17H15NO4. The molecule has 3 rings (SSSR count). The number of aldehydes is 1. The first-order chi connectivity index (χ1) is 10.7. The van der Waals surface area contributed by atoms with Gasteiger partial charge in [0.1, 0.15) is 6.29 Å². The van der Waals surface area contributed by atoms with Crippen molar-refractivity contribution in [3.63, 3.8) is 0 Å². The van der Waals surface area contributed by atoms with Gasteiger partial charge in [-0.05, 0) is 29.3 Å². The number of benzene rings is 2. The van der Waals surface area contributed by atoms with E-state index < -0.39 is 0 Å². The third kappa shape index (κ3) is 2.79. The van der Waals surface area contributed by atoms with E-state index in [0.29, 0.717) is 17.1 Å². The van der Waals surface area contributed by atoms with E-state index in [0.717, 1.165) is 17.4 Å². The lowest BCUT2D eigenvalue weighted by molar-refractivity contribution is -0.119. The number of carbonyl (C=O) groups is 2. The molecular weight excluding hydrogens is 282 g/mol. The lowest BCUT2D eigenvalue weighted by atomic mass is 9.97.